The Hall–Kier alpha value is -0.500. The number of nitrogens with zero attached hydrogens (tertiary/aromatic N) is 1. The maximum absolute atomic E-state index is 5.63. The summed E-state index contributed by atoms with van der Waals surface area (Å²) in [4.78, 5) is 3.89. The van der Waals surface area contributed by atoms with Crippen LogP contribution >= 0.6 is 11.6 Å². The molecule has 0 aromatic carbocycles. The van der Waals surface area contributed by atoms with Crippen LogP contribution in [0.25, 0.3) is 0 Å². The van der Waals surface area contributed by atoms with Crippen LogP contribution in [0.3, 0.4) is 0 Å². The molecule has 1 heterocycles. The molecule has 1 aliphatic rings. The highest BCUT2D eigenvalue weighted by molar-refractivity contribution is 6.22. The molecule has 1 unspecified atom stereocenters. The molecule has 3 heteroatoms. The van der Waals surface area contributed by atoms with Crippen LogP contribution < -0.4 is 5.73 Å². The summed E-state index contributed by atoms with van der Waals surface area (Å²) in [5.74, 6) is 0.571. The van der Waals surface area contributed by atoms with E-state index in [0.717, 1.165) is 0 Å². The molecule has 0 amide bonds. The smallest absolute Gasteiger partial charge is 0.117 e. The van der Waals surface area contributed by atoms with Crippen molar-refractivity contribution in [2.75, 3.05) is 6.54 Å². The van der Waals surface area contributed by atoms with Crippen LogP contribution in [0.4, 0.5) is 0 Å². The van der Waals surface area contributed by atoms with Gasteiger partial charge in [-0.25, -0.2) is 0 Å². The maximum atomic E-state index is 5.63. The summed E-state index contributed by atoms with van der Waals surface area (Å²) in [7, 11) is 0. The van der Waals surface area contributed by atoms with Crippen molar-refractivity contribution in [2.45, 2.75) is 5.38 Å². The van der Waals surface area contributed by atoms with E-state index in [4.69, 9.17) is 17.3 Å². The molecule has 0 bridgehead atoms. The van der Waals surface area contributed by atoms with Crippen molar-refractivity contribution >= 4 is 17.4 Å². The van der Waals surface area contributed by atoms with Gasteiger partial charge in [-0.2, -0.15) is 0 Å². The second-order valence-corrected chi connectivity index (χ2v) is 2.20. The Balaban J connectivity index is 2.58. The fourth-order valence-corrected chi connectivity index (χ4v) is 0.651. The number of alkyl halides is 1. The summed E-state index contributed by atoms with van der Waals surface area (Å²) in [5.41, 5.74) is 5.30. The van der Waals surface area contributed by atoms with Gasteiger partial charge in [0.15, 0.2) is 0 Å². The second kappa shape index (κ2) is 2.18. The monoisotopic (exact) mass is 130 g/mol. The number of hydrogen-bond donors (Lipinski definition) is 1. The van der Waals surface area contributed by atoms with Crippen LogP contribution in [0.2, 0.25) is 0 Å². The Morgan fingerprint density at radius 3 is 3.00 bits per heavy atom. The molecule has 1 rings (SSSR count). The van der Waals surface area contributed by atoms with E-state index in [1.807, 2.05) is 6.08 Å². The van der Waals surface area contributed by atoms with Gasteiger partial charge in [0.1, 0.15) is 5.84 Å². The molecule has 1 atom stereocenters. The lowest BCUT2D eigenvalue weighted by atomic mass is 10.3. The SMILES string of the molecule is NC1=NCC(Cl)C=C1. The predicted octanol–water partition coefficient (Wildman–Crippen LogP) is 0.521. The first-order chi connectivity index (χ1) is 3.79. The zero-order valence-electron chi connectivity index (χ0n) is 4.34. The Morgan fingerprint density at radius 2 is 2.62 bits per heavy atom. The van der Waals surface area contributed by atoms with Crippen molar-refractivity contribution in [1.82, 2.24) is 0 Å². The molecule has 0 aromatic heterocycles. The minimum absolute atomic E-state index is 0.0438. The summed E-state index contributed by atoms with van der Waals surface area (Å²) in [6.45, 7) is 0.615. The number of aliphatic imine (C=N–C) groups is 1. The Morgan fingerprint density at radius 1 is 1.88 bits per heavy atom. The first-order valence-electron chi connectivity index (χ1n) is 2.41. The number of amidine groups is 1. The minimum atomic E-state index is 0.0438. The van der Waals surface area contributed by atoms with Gasteiger partial charge in [-0.3, -0.25) is 4.99 Å². The summed E-state index contributed by atoms with van der Waals surface area (Å²) in [6, 6.07) is 0. The second-order valence-electron chi connectivity index (χ2n) is 1.64. The molecule has 1 aliphatic heterocycles. The molecular weight excluding hydrogens is 124 g/mol. The zero-order chi connectivity index (χ0) is 5.98. The van der Waals surface area contributed by atoms with Crippen LogP contribution in [0, 0.1) is 0 Å². The van der Waals surface area contributed by atoms with Crippen molar-refractivity contribution in [3.8, 4) is 0 Å². The molecule has 0 fully saturated rings. The molecule has 44 valence electrons. The number of hydrogen-bond acceptors (Lipinski definition) is 2. The van der Waals surface area contributed by atoms with Crippen LogP contribution in [0.1, 0.15) is 0 Å². The van der Waals surface area contributed by atoms with Crippen LogP contribution in [-0.4, -0.2) is 17.8 Å². The number of halogens is 1. The van der Waals surface area contributed by atoms with Crippen LogP contribution in [-0.2, 0) is 0 Å². The first kappa shape index (κ1) is 5.63. The lowest BCUT2D eigenvalue weighted by Gasteiger charge is -2.04. The third-order valence-corrected chi connectivity index (χ3v) is 1.21. The van der Waals surface area contributed by atoms with Gasteiger partial charge in [-0.05, 0) is 6.08 Å². The van der Waals surface area contributed by atoms with Gasteiger partial charge in [-0.15, -0.1) is 11.6 Å². The van der Waals surface area contributed by atoms with E-state index in [1.165, 1.54) is 0 Å². The summed E-state index contributed by atoms with van der Waals surface area (Å²) < 4.78 is 0. The molecule has 2 nitrogen and oxygen atoms in total. The van der Waals surface area contributed by atoms with Crippen molar-refractivity contribution in [2.24, 2.45) is 10.7 Å². The molecular formula is C5H7ClN2. The van der Waals surface area contributed by atoms with Gasteiger partial charge in [0.2, 0.25) is 0 Å². The van der Waals surface area contributed by atoms with E-state index in [2.05, 4.69) is 4.99 Å². The summed E-state index contributed by atoms with van der Waals surface area (Å²) in [6.07, 6.45) is 3.56. The summed E-state index contributed by atoms with van der Waals surface area (Å²) in [5, 5.41) is 0.0438. The third-order valence-electron chi connectivity index (χ3n) is 0.924. The highest BCUT2D eigenvalue weighted by atomic mass is 35.5. The Kier molecular flexibility index (Phi) is 1.53. The van der Waals surface area contributed by atoms with E-state index in [1.54, 1.807) is 6.08 Å². The fraction of sp³-hybridized carbons (Fsp3) is 0.400. The van der Waals surface area contributed by atoms with Crippen molar-refractivity contribution in [3.63, 3.8) is 0 Å². The van der Waals surface area contributed by atoms with E-state index < -0.39 is 0 Å². The topological polar surface area (TPSA) is 38.4 Å². The number of dihydropyridines is 1. The van der Waals surface area contributed by atoms with Gasteiger partial charge in [0.25, 0.3) is 0 Å². The minimum Gasteiger partial charge on any atom is -0.384 e. The van der Waals surface area contributed by atoms with E-state index in [0.29, 0.717) is 12.4 Å². The van der Waals surface area contributed by atoms with E-state index in [-0.39, 0.29) is 5.38 Å². The molecule has 0 aromatic rings. The highest BCUT2D eigenvalue weighted by Crippen LogP contribution is 2.02. The van der Waals surface area contributed by atoms with Gasteiger partial charge in [-0.1, -0.05) is 6.08 Å². The lowest BCUT2D eigenvalue weighted by Crippen LogP contribution is -2.16. The quantitative estimate of drug-likeness (QED) is 0.477. The van der Waals surface area contributed by atoms with Crippen molar-refractivity contribution in [3.05, 3.63) is 12.2 Å². The maximum Gasteiger partial charge on any atom is 0.117 e. The largest absolute Gasteiger partial charge is 0.384 e. The highest BCUT2D eigenvalue weighted by Gasteiger charge is 2.01. The molecule has 0 saturated heterocycles. The average molecular weight is 131 g/mol. The molecule has 8 heavy (non-hydrogen) atoms. The molecule has 0 aliphatic carbocycles. The molecule has 0 radical (unpaired) electrons. The first-order valence-corrected chi connectivity index (χ1v) is 2.85. The summed E-state index contributed by atoms with van der Waals surface area (Å²) >= 11 is 5.63. The third kappa shape index (κ3) is 1.23. The van der Waals surface area contributed by atoms with E-state index >= 15 is 0 Å². The fourth-order valence-electron chi connectivity index (χ4n) is 0.509. The predicted molar refractivity (Wildman–Crippen MR) is 35.3 cm³/mol. The van der Waals surface area contributed by atoms with Crippen molar-refractivity contribution < 1.29 is 0 Å². The molecule has 0 saturated carbocycles. The Bertz CT molecular complexity index is 139. The lowest BCUT2D eigenvalue weighted by molar-refractivity contribution is 0.996. The number of rotatable bonds is 0. The Labute approximate surface area is 53.0 Å². The van der Waals surface area contributed by atoms with Gasteiger partial charge in [0.05, 0.1) is 11.9 Å². The number of nitrogens with two attached hydrogens (primary N) is 1. The standard InChI is InChI=1S/C5H7ClN2/c6-4-1-2-5(7)8-3-4/h1-2,4H,3H2,(H2,7,8). The van der Waals surface area contributed by atoms with Crippen LogP contribution in [0.15, 0.2) is 17.1 Å². The van der Waals surface area contributed by atoms with Gasteiger partial charge >= 0.3 is 0 Å². The van der Waals surface area contributed by atoms with Crippen LogP contribution in [0.5, 0.6) is 0 Å². The normalized spacial score (nSPS) is 27.6. The average Bonchev–Trinajstić information content (AvgIpc) is 1.77. The van der Waals surface area contributed by atoms with Gasteiger partial charge in [0, 0.05) is 0 Å². The van der Waals surface area contributed by atoms with Crippen molar-refractivity contribution in [1.29, 1.82) is 0 Å². The van der Waals surface area contributed by atoms with Gasteiger partial charge < -0.3 is 5.73 Å². The molecule has 2 N–H and O–H groups in total. The zero-order valence-corrected chi connectivity index (χ0v) is 5.10. The molecule has 0 spiro atoms. The van der Waals surface area contributed by atoms with E-state index in [9.17, 15) is 0 Å².